The minimum atomic E-state index is -0.903. The fourth-order valence-electron chi connectivity index (χ4n) is 7.61. The minimum Gasteiger partial charge on any atom is -0.491 e. The van der Waals surface area contributed by atoms with E-state index in [1.165, 1.54) is 24.6 Å². The van der Waals surface area contributed by atoms with Gasteiger partial charge < -0.3 is 30.9 Å². The fourth-order valence-corrected chi connectivity index (χ4v) is 8.86. The van der Waals surface area contributed by atoms with Gasteiger partial charge >= 0.3 is 0 Å². The van der Waals surface area contributed by atoms with E-state index in [1.54, 1.807) is 44.6 Å². The maximum Gasteiger partial charge on any atom is 0.251 e. The zero-order valence-corrected chi connectivity index (χ0v) is 42.3. The second kappa shape index (κ2) is 20.0. The van der Waals surface area contributed by atoms with Crippen molar-refractivity contribution in [1.29, 1.82) is 0 Å². The second-order valence-corrected chi connectivity index (χ2v) is 21.4. The first-order valence-corrected chi connectivity index (χ1v) is 24.7. The summed E-state index contributed by atoms with van der Waals surface area (Å²) in [6.45, 7) is 15.7. The number of carbonyl (C=O) groups excluding carboxylic acids is 2. The Kier molecular flexibility index (Phi) is 14.3. The number of carbonyl (C=O) groups is 2. The van der Waals surface area contributed by atoms with Crippen LogP contribution in [0.5, 0.6) is 5.75 Å². The maximum absolute atomic E-state index is 12.6. The van der Waals surface area contributed by atoms with Crippen LogP contribution in [0.25, 0.3) is 33.8 Å². The summed E-state index contributed by atoms with van der Waals surface area (Å²) in [5, 5.41) is 40.3. The molecule has 0 unspecified atom stereocenters. The predicted molar refractivity (Wildman–Crippen MR) is 272 cm³/mol. The molecule has 14 nitrogen and oxygen atoms in total. The number of imidazole rings is 2. The third-order valence-electron chi connectivity index (χ3n) is 11.4. The van der Waals surface area contributed by atoms with Gasteiger partial charge in [-0.05, 0) is 163 Å². The average Bonchev–Trinajstić information content (AvgIpc) is 4.18. The number of hydrogen-bond acceptors (Lipinski definition) is 12. The number of aliphatic hydroxyl groups is 2. The van der Waals surface area contributed by atoms with Crippen molar-refractivity contribution < 1.29 is 24.5 Å². The Morgan fingerprint density at radius 3 is 1.90 bits per heavy atom. The number of nitrogens with one attached hydrogen (secondary N) is 3. The lowest BCUT2D eigenvalue weighted by Gasteiger charge is -2.19. The van der Waals surface area contributed by atoms with Gasteiger partial charge in [-0.15, -0.1) is 0 Å². The van der Waals surface area contributed by atoms with Crippen LogP contribution >= 0.6 is 27.7 Å². The van der Waals surface area contributed by atoms with Crippen molar-refractivity contribution in [2.45, 2.75) is 121 Å². The van der Waals surface area contributed by atoms with Crippen LogP contribution in [-0.4, -0.2) is 87.5 Å². The molecule has 0 radical (unpaired) electrons. The minimum absolute atomic E-state index is 0.0294. The SMILES string of the molecule is Cc1cc(-c2cnc3c(NCC(C)(C)O)cc(Br)nn23)ccc1C(=O)CC1CC1.Cc1cc(-c2cnc3c(NCC(C)(C)O)cc(Sc4cccc(OC(C)C)c4)nn23)ccc1C(=O)NC1CC1. The zero-order valence-electron chi connectivity index (χ0n) is 39.9. The van der Waals surface area contributed by atoms with Crippen LogP contribution < -0.4 is 20.7 Å². The number of halogens is 1. The molecule has 2 aliphatic carbocycles. The van der Waals surface area contributed by atoms with E-state index in [0.29, 0.717) is 52.9 Å². The number of amides is 1. The lowest BCUT2D eigenvalue weighted by molar-refractivity contribution is 0.0939. The molecule has 3 aromatic carbocycles. The van der Waals surface area contributed by atoms with E-state index in [-0.39, 0.29) is 17.8 Å². The molecule has 0 saturated heterocycles. The molecule has 16 heteroatoms. The van der Waals surface area contributed by atoms with Crippen molar-refractivity contribution in [3.8, 4) is 28.3 Å². The summed E-state index contributed by atoms with van der Waals surface area (Å²) in [6, 6.07) is 23.8. The van der Waals surface area contributed by atoms with Crippen LogP contribution in [0.4, 0.5) is 11.4 Å². The maximum atomic E-state index is 12.6. The van der Waals surface area contributed by atoms with Crippen LogP contribution in [0.3, 0.4) is 0 Å². The van der Waals surface area contributed by atoms with Crippen molar-refractivity contribution in [1.82, 2.24) is 34.5 Å². The summed E-state index contributed by atoms with van der Waals surface area (Å²) in [4.78, 5) is 35.4. The molecule has 2 fully saturated rings. The Morgan fingerprint density at radius 2 is 1.35 bits per heavy atom. The van der Waals surface area contributed by atoms with Crippen molar-refractivity contribution in [2.75, 3.05) is 23.7 Å². The second-order valence-electron chi connectivity index (χ2n) is 19.5. The highest BCUT2D eigenvalue weighted by molar-refractivity contribution is 9.10. The fraction of sp³-hybridized carbons (Fsp3) is 0.385. The molecule has 9 rings (SSSR count). The first-order valence-electron chi connectivity index (χ1n) is 23.1. The number of Topliss-reactive ketones (excluding diaryl/α,β-unsaturated/α-hetero) is 1. The van der Waals surface area contributed by atoms with Crippen molar-refractivity contribution in [2.24, 2.45) is 5.92 Å². The molecule has 4 heterocycles. The predicted octanol–water partition coefficient (Wildman–Crippen LogP) is 10.4. The first kappa shape index (κ1) is 48.6. The third kappa shape index (κ3) is 12.4. The van der Waals surface area contributed by atoms with Crippen LogP contribution in [0.2, 0.25) is 0 Å². The number of hydrogen-bond donors (Lipinski definition) is 5. The highest BCUT2D eigenvalue weighted by Gasteiger charge is 2.27. The van der Waals surface area contributed by atoms with E-state index in [4.69, 9.17) is 9.84 Å². The highest BCUT2D eigenvalue weighted by atomic mass is 79.9. The monoisotopic (exact) mass is 1000 g/mol. The van der Waals surface area contributed by atoms with Crippen molar-refractivity contribution in [3.05, 3.63) is 112 Å². The van der Waals surface area contributed by atoms with E-state index >= 15 is 0 Å². The zero-order chi connectivity index (χ0) is 48.5. The Morgan fingerprint density at radius 1 is 0.779 bits per heavy atom. The lowest BCUT2D eigenvalue weighted by atomic mass is 9.98. The Hall–Kier alpha value is -5.81. The molecular weight excluding hydrogens is 943 g/mol. The Bertz CT molecular complexity index is 2980. The molecular formula is C52H60BrN9O5S. The standard InChI is InChI=1S/C30H35N5O3S.C22H25BrN4O2/c1-18(2)38-22-7-6-8-23(14-22)39-27-15-25(32-17-30(4,5)37)28-31-16-26(35(28)34-27)20-9-12-24(19(3)13-20)29(36)33-21-10-11-21;1-13-8-15(6-7-16(13)19(28)9-14-4-5-14)18-11-24-21-17(25-12-22(2,3)29)10-20(23)26-27(18)21/h6-9,12-16,18,21,32,37H,10-11,17H2,1-5H3,(H,33,36);6-8,10-11,14,25,29H,4-5,9,12H2,1-3H3. The normalized spacial score (nSPS) is 13.9. The van der Waals surface area contributed by atoms with Crippen LogP contribution in [0.15, 0.2) is 99.7 Å². The van der Waals surface area contributed by atoms with Gasteiger partial charge in [-0.25, -0.2) is 19.0 Å². The Balaban J connectivity index is 0.000000192. The molecule has 5 N–H and O–H groups in total. The van der Waals surface area contributed by atoms with E-state index in [1.807, 2.05) is 105 Å². The van der Waals surface area contributed by atoms with Crippen LogP contribution in [-0.2, 0) is 0 Å². The number of aryl methyl sites for hydroxylation is 2. The summed E-state index contributed by atoms with van der Waals surface area (Å²) in [5.41, 5.74) is 8.02. The van der Waals surface area contributed by atoms with Gasteiger partial charge in [0, 0.05) is 52.7 Å². The summed E-state index contributed by atoms with van der Waals surface area (Å²) in [6.07, 6.45) is 8.77. The smallest absolute Gasteiger partial charge is 0.251 e. The van der Waals surface area contributed by atoms with Gasteiger partial charge in [0.05, 0.1) is 52.5 Å². The molecule has 0 aliphatic heterocycles. The van der Waals surface area contributed by atoms with Crippen LogP contribution in [0.1, 0.15) is 105 Å². The van der Waals surface area contributed by atoms with Crippen molar-refractivity contribution >= 4 is 62.1 Å². The van der Waals surface area contributed by atoms with Gasteiger partial charge in [0.1, 0.15) is 15.4 Å². The number of ketones is 1. The molecule has 7 aromatic rings. The van der Waals surface area contributed by atoms with Gasteiger partial charge in [-0.2, -0.15) is 10.2 Å². The van der Waals surface area contributed by atoms with Crippen LogP contribution in [0, 0.1) is 19.8 Å². The quantitative estimate of drug-likeness (QED) is 0.0546. The summed E-state index contributed by atoms with van der Waals surface area (Å²) < 4.78 is 10.1. The molecule has 0 spiro atoms. The highest BCUT2D eigenvalue weighted by Crippen LogP contribution is 2.36. The largest absolute Gasteiger partial charge is 0.491 e. The van der Waals surface area contributed by atoms with E-state index in [9.17, 15) is 19.8 Å². The number of rotatable bonds is 17. The summed E-state index contributed by atoms with van der Waals surface area (Å²) in [7, 11) is 0. The van der Waals surface area contributed by atoms with E-state index < -0.39 is 11.2 Å². The number of nitrogens with zero attached hydrogens (tertiary/aromatic N) is 6. The molecule has 2 saturated carbocycles. The molecule has 2 aliphatic rings. The average molecular weight is 1000 g/mol. The number of ether oxygens (including phenoxy) is 1. The van der Waals surface area contributed by atoms with Gasteiger partial charge in [0.15, 0.2) is 17.1 Å². The first-order chi connectivity index (χ1) is 32.3. The van der Waals surface area contributed by atoms with Gasteiger partial charge in [0.2, 0.25) is 0 Å². The molecule has 1 amide bonds. The van der Waals surface area contributed by atoms with Crippen molar-refractivity contribution in [3.63, 3.8) is 0 Å². The summed E-state index contributed by atoms with van der Waals surface area (Å²) >= 11 is 4.99. The van der Waals surface area contributed by atoms with E-state index in [0.717, 1.165) is 79.1 Å². The summed E-state index contributed by atoms with van der Waals surface area (Å²) in [5.74, 6) is 1.59. The van der Waals surface area contributed by atoms with Gasteiger partial charge in [0.25, 0.3) is 5.91 Å². The molecule has 0 atom stereocenters. The van der Waals surface area contributed by atoms with Gasteiger partial charge in [-0.1, -0.05) is 36.0 Å². The topological polar surface area (TPSA) is 180 Å². The molecule has 68 heavy (non-hydrogen) atoms. The van der Waals surface area contributed by atoms with E-state index in [2.05, 4.69) is 46.9 Å². The molecule has 0 bridgehead atoms. The molecule has 356 valence electrons. The number of fused-ring (bicyclic) bond motifs is 2. The number of aromatic nitrogens is 6. The Labute approximate surface area is 409 Å². The van der Waals surface area contributed by atoms with Gasteiger partial charge in [-0.3, -0.25) is 9.59 Å². The number of anilines is 2. The lowest BCUT2D eigenvalue weighted by Crippen LogP contribution is -2.29. The number of benzene rings is 3. The third-order valence-corrected chi connectivity index (χ3v) is 12.7. The molecule has 4 aromatic heterocycles.